The highest BCUT2D eigenvalue weighted by molar-refractivity contribution is 5.88. The van der Waals surface area contributed by atoms with Gasteiger partial charge in [-0.15, -0.1) is 0 Å². The van der Waals surface area contributed by atoms with Gasteiger partial charge in [0.2, 0.25) is 5.91 Å². The molecule has 1 unspecified atom stereocenters. The van der Waals surface area contributed by atoms with Crippen molar-refractivity contribution < 1.29 is 9.53 Å². The lowest BCUT2D eigenvalue weighted by Crippen LogP contribution is -2.47. The number of likely N-dealkylation sites (tertiary alicyclic amines) is 1. The van der Waals surface area contributed by atoms with Crippen LogP contribution in [-0.2, 0) is 9.53 Å². The van der Waals surface area contributed by atoms with E-state index in [1.807, 2.05) is 4.90 Å². The van der Waals surface area contributed by atoms with Crippen molar-refractivity contribution in [1.82, 2.24) is 4.90 Å². The summed E-state index contributed by atoms with van der Waals surface area (Å²) in [7, 11) is 1.79. The number of rotatable bonds is 7. The molecule has 0 radical (unpaired) electrons. The maximum absolute atomic E-state index is 12.6. The molecule has 3 aliphatic rings. The van der Waals surface area contributed by atoms with E-state index in [-0.39, 0.29) is 11.3 Å². The highest BCUT2D eigenvalue weighted by atomic mass is 16.5. The second kappa shape index (κ2) is 7.28. The standard InChI is InChI=1S/C23H30N2O2/c1-27-17-22(8-7-19-15-20(19)18-5-3-2-4-6-18)11-13-25(14-12-22)21(26)23(16-24)9-10-23/h2-6,19-20H,7-15,17H2,1H3/t19-,20?/m1/s1. The summed E-state index contributed by atoms with van der Waals surface area (Å²) >= 11 is 0. The molecule has 2 atom stereocenters. The van der Waals surface area contributed by atoms with Crippen LogP contribution >= 0.6 is 0 Å². The molecule has 144 valence electrons. The normalized spacial score (nSPS) is 27.6. The molecule has 4 heteroatoms. The van der Waals surface area contributed by atoms with Crippen molar-refractivity contribution in [3.63, 3.8) is 0 Å². The van der Waals surface area contributed by atoms with Crippen molar-refractivity contribution >= 4 is 5.91 Å². The molecule has 2 aliphatic carbocycles. The number of methoxy groups -OCH3 is 1. The zero-order chi connectivity index (χ0) is 18.9. The zero-order valence-corrected chi connectivity index (χ0v) is 16.3. The van der Waals surface area contributed by atoms with E-state index < -0.39 is 5.41 Å². The lowest BCUT2D eigenvalue weighted by molar-refractivity contribution is -0.138. The van der Waals surface area contributed by atoms with Gasteiger partial charge in [-0.2, -0.15) is 5.26 Å². The van der Waals surface area contributed by atoms with E-state index in [1.54, 1.807) is 7.11 Å². The predicted octanol–water partition coefficient (Wildman–Crippen LogP) is 4.13. The number of hydrogen-bond donors (Lipinski definition) is 0. The number of benzene rings is 1. The number of hydrogen-bond acceptors (Lipinski definition) is 3. The van der Waals surface area contributed by atoms with Crippen LogP contribution in [0.3, 0.4) is 0 Å². The fraction of sp³-hybridized carbons (Fsp3) is 0.652. The van der Waals surface area contributed by atoms with E-state index in [9.17, 15) is 10.1 Å². The quantitative estimate of drug-likeness (QED) is 0.729. The van der Waals surface area contributed by atoms with Gasteiger partial charge >= 0.3 is 0 Å². The Morgan fingerprint density at radius 1 is 1.22 bits per heavy atom. The molecule has 0 spiro atoms. The van der Waals surface area contributed by atoms with Crippen LogP contribution in [0, 0.1) is 28.1 Å². The second-order valence-corrected chi connectivity index (χ2v) is 8.97. The lowest BCUT2D eigenvalue weighted by Gasteiger charge is -2.42. The molecular formula is C23H30N2O2. The fourth-order valence-electron chi connectivity index (χ4n) is 4.92. The maximum atomic E-state index is 12.6. The van der Waals surface area contributed by atoms with Crippen molar-refractivity contribution in [2.24, 2.45) is 16.7 Å². The SMILES string of the molecule is COCC1(CC[C@@H]2CC2c2ccccc2)CCN(C(=O)C2(C#N)CC2)CC1. The number of carbonyl (C=O) groups is 1. The maximum Gasteiger partial charge on any atom is 0.243 e. The molecule has 27 heavy (non-hydrogen) atoms. The Hall–Kier alpha value is -1.86. The molecule has 2 saturated carbocycles. The van der Waals surface area contributed by atoms with Crippen LogP contribution in [0.15, 0.2) is 30.3 Å². The summed E-state index contributed by atoms with van der Waals surface area (Å²) in [5.41, 5.74) is 0.992. The minimum Gasteiger partial charge on any atom is -0.384 e. The van der Waals surface area contributed by atoms with E-state index in [0.29, 0.717) is 0 Å². The molecule has 0 bridgehead atoms. The third-order valence-electron chi connectivity index (χ3n) is 7.13. The second-order valence-electron chi connectivity index (χ2n) is 8.97. The Balaban J connectivity index is 1.31. The number of amides is 1. The van der Waals surface area contributed by atoms with E-state index in [4.69, 9.17) is 4.74 Å². The van der Waals surface area contributed by atoms with Crippen molar-refractivity contribution in [2.45, 2.75) is 50.9 Å². The molecule has 3 fully saturated rings. The van der Waals surface area contributed by atoms with Crippen LogP contribution in [0.2, 0.25) is 0 Å². The van der Waals surface area contributed by atoms with Gasteiger partial charge in [0.15, 0.2) is 0 Å². The molecular weight excluding hydrogens is 336 g/mol. The first-order valence-electron chi connectivity index (χ1n) is 10.4. The molecule has 1 aromatic carbocycles. The average molecular weight is 367 g/mol. The molecule has 1 amide bonds. The van der Waals surface area contributed by atoms with Crippen molar-refractivity contribution in [1.29, 1.82) is 5.26 Å². The Labute approximate surface area is 162 Å². The first-order chi connectivity index (χ1) is 13.1. The molecule has 4 nitrogen and oxygen atoms in total. The van der Waals surface area contributed by atoms with Crippen LogP contribution < -0.4 is 0 Å². The largest absolute Gasteiger partial charge is 0.384 e. The Morgan fingerprint density at radius 3 is 2.52 bits per heavy atom. The number of nitrogens with zero attached hydrogens (tertiary/aromatic N) is 2. The molecule has 1 aromatic rings. The third kappa shape index (κ3) is 3.75. The summed E-state index contributed by atoms with van der Waals surface area (Å²) in [4.78, 5) is 14.6. The summed E-state index contributed by atoms with van der Waals surface area (Å²) in [6.45, 7) is 2.33. The first kappa shape index (κ1) is 18.5. The minimum atomic E-state index is -0.682. The van der Waals surface area contributed by atoms with Crippen molar-refractivity contribution in [2.75, 3.05) is 26.8 Å². The van der Waals surface area contributed by atoms with E-state index in [2.05, 4.69) is 36.4 Å². The summed E-state index contributed by atoms with van der Waals surface area (Å²) in [5.74, 6) is 1.61. The summed E-state index contributed by atoms with van der Waals surface area (Å²) < 4.78 is 5.59. The van der Waals surface area contributed by atoms with Gasteiger partial charge in [0.1, 0.15) is 5.41 Å². The van der Waals surface area contributed by atoms with Gasteiger partial charge in [-0.3, -0.25) is 4.79 Å². The topological polar surface area (TPSA) is 53.3 Å². The van der Waals surface area contributed by atoms with Gasteiger partial charge in [-0.1, -0.05) is 30.3 Å². The number of carbonyl (C=O) groups excluding carboxylic acids is 1. The van der Waals surface area contributed by atoms with Crippen LogP contribution in [0.1, 0.15) is 56.4 Å². The van der Waals surface area contributed by atoms with Crippen molar-refractivity contribution in [3.05, 3.63) is 35.9 Å². The van der Waals surface area contributed by atoms with Gasteiger partial charge < -0.3 is 9.64 Å². The van der Waals surface area contributed by atoms with Gasteiger partial charge in [-0.05, 0) is 67.8 Å². The Morgan fingerprint density at radius 2 is 1.93 bits per heavy atom. The average Bonchev–Trinajstić information content (AvgIpc) is 3.63. The van der Waals surface area contributed by atoms with Gasteiger partial charge in [0, 0.05) is 20.2 Å². The molecule has 0 N–H and O–H groups in total. The third-order valence-corrected chi connectivity index (χ3v) is 7.13. The van der Waals surface area contributed by atoms with Gasteiger partial charge in [0.05, 0.1) is 12.7 Å². The van der Waals surface area contributed by atoms with Crippen LogP contribution in [0.5, 0.6) is 0 Å². The van der Waals surface area contributed by atoms with Crippen molar-refractivity contribution in [3.8, 4) is 6.07 Å². The molecule has 1 saturated heterocycles. The predicted molar refractivity (Wildman–Crippen MR) is 104 cm³/mol. The first-order valence-corrected chi connectivity index (χ1v) is 10.4. The monoisotopic (exact) mass is 366 g/mol. The fourth-order valence-corrected chi connectivity index (χ4v) is 4.92. The lowest BCUT2D eigenvalue weighted by atomic mass is 9.74. The minimum absolute atomic E-state index is 0.0716. The van der Waals surface area contributed by atoms with E-state index >= 15 is 0 Å². The molecule has 1 aliphatic heterocycles. The zero-order valence-electron chi connectivity index (χ0n) is 16.3. The van der Waals surface area contributed by atoms with Crippen LogP contribution in [0.4, 0.5) is 0 Å². The van der Waals surface area contributed by atoms with E-state index in [0.717, 1.165) is 57.2 Å². The van der Waals surface area contributed by atoms with Crippen LogP contribution in [-0.4, -0.2) is 37.6 Å². The highest BCUT2D eigenvalue weighted by Gasteiger charge is 2.53. The molecule has 4 rings (SSSR count). The summed E-state index contributed by atoms with van der Waals surface area (Å²) in [6, 6.07) is 13.1. The number of ether oxygens (including phenoxy) is 1. The summed E-state index contributed by atoms with van der Waals surface area (Å²) in [6.07, 6.45) is 7.21. The smallest absolute Gasteiger partial charge is 0.243 e. The number of piperidine rings is 1. The van der Waals surface area contributed by atoms with Gasteiger partial charge in [-0.25, -0.2) is 0 Å². The van der Waals surface area contributed by atoms with Gasteiger partial charge in [0.25, 0.3) is 0 Å². The molecule has 0 aromatic heterocycles. The molecule has 1 heterocycles. The highest BCUT2D eigenvalue weighted by Crippen LogP contribution is 2.52. The Kier molecular flexibility index (Phi) is 4.99. The summed E-state index contributed by atoms with van der Waals surface area (Å²) in [5, 5.41) is 9.30. The number of nitriles is 1. The van der Waals surface area contributed by atoms with E-state index in [1.165, 1.54) is 24.8 Å². The van der Waals surface area contributed by atoms with Crippen LogP contribution in [0.25, 0.3) is 0 Å². The Bertz CT molecular complexity index is 712.